The predicted octanol–water partition coefficient (Wildman–Crippen LogP) is 3.34. The summed E-state index contributed by atoms with van der Waals surface area (Å²) in [6, 6.07) is 10.0. The summed E-state index contributed by atoms with van der Waals surface area (Å²) in [7, 11) is 1.40. The minimum Gasteiger partial charge on any atom is -0.465 e. The molecule has 3 nitrogen and oxygen atoms in total. The van der Waals surface area contributed by atoms with Crippen molar-refractivity contribution in [3.63, 3.8) is 0 Å². The molecule has 1 aromatic heterocycles. The molecule has 18 heavy (non-hydrogen) atoms. The molecule has 0 bridgehead atoms. The van der Waals surface area contributed by atoms with Gasteiger partial charge in [-0.2, -0.15) is 0 Å². The highest BCUT2D eigenvalue weighted by molar-refractivity contribution is 5.92. The van der Waals surface area contributed by atoms with E-state index in [0.29, 0.717) is 5.56 Å². The molecular formula is C15H17NO2. The largest absolute Gasteiger partial charge is 0.465 e. The maximum atomic E-state index is 11.7. The summed E-state index contributed by atoms with van der Waals surface area (Å²) in [6.07, 6.45) is 0.774. The third-order valence-corrected chi connectivity index (χ3v) is 2.99. The van der Waals surface area contributed by atoms with Gasteiger partial charge in [0.05, 0.1) is 12.7 Å². The predicted molar refractivity (Wildman–Crippen MR) is 71.7 cm³/mol. The van der Waals surface area contributed by atoms with E-state index in [1.807, 2.05) is 38.1 Å². The van der Waals surface area contributed by atoms with Gasteiger partial charge in [-0.3, -0.25) is 0 Å². The van der Waals surface area contributed by atoms with Crippen LogP contribution >= 0.6 is 0 Å². The Morgan fingerprint density at radius 1 is 1.33 bits per heavy atom. The van der Waals surface area contributed by atoms with Crippen molar-refractivity contribution in [3.8, 4) is 11.3 Å². The quantitative estimate of drug-likeness (QED) is 0.840. The molecule has 0 fully saturated rings. The number of aromatic amines is 1. The summed E-state index contributed by atoms with van der Waals surface area (Å²) in [4.78, 5) is 15.0. The van der Waals surface area contributed by atoms with E-state index in [1.165, 1.54) is 12.7 Å². The van der Waals surface area contributed by atoms with Crippen LogP contribution in [0.1, 0.15) is 28.5 Å². The van der Waals surface area contributed by atoms with Crippen molar-refractivity contribution >= 4 is 5.97 Å². The number of ether oxygens (including phenoxy) is 1. The molecule has 3 heteroatoms. The normalized spacial score (nSPS) is 10.4. The van der Waals surface area contributed by atoms with Crippen molar-refractivity contribution in [1.82, 2.24) is 4.98 Å². The van der Waals surface area contributed by atoms with Crippen molar-refractivity contribution < 1.29 is 9.53 Å². The molecule has 0 radical (unpaired) electrons. The molecule has 1 aromatic carbocycles. The van der Waals surface area contributed by atoms with E-state index in [2.05, 4.69) is 11.1 Å². The number of methoxy groups -OCH3 is 1. The first-order valence-corrected chi connectivity index (χ1v) is 6.03. The van der Waals surface area contributed by atoms with Crippen LogP contribution in [0.5, 0.6) is 0 Å². The molecule has 2 rings (SSSR count). The van der Waals surface area contributed by atoms with E-state index in [9.17, 15) is 4.79 Å². The summed E-state index contributed by atoms with van der Waals surface area (Å²) in [5.74, 6) is -0.290. The highest BCUT2D eigenvalue weighted by Gasteiger charge is 2.15. The monoisotopic (exact) mass is 243 g/mol. The van der Waals surface area contributed by atoms with Gasteiger partial charge in [0.15, 0.2) is 0 Å². The Morgan fingerprint density at radius 2 is 2.11 bits per heavy atom. The van der Waals surface area contributed by atoms with Gasteiger partial charge in [-0.1, -0.05) is 30.7 Å². The molecule has 0 saturated carbocycles. The second-order valence-electron chi connectivity index (χ2n) is 4.29. The maximum absolute atomic E-state index is 11.7. The van der Waals surface area contributed by atoms with Crippen molar-refractivity contribution in [2.75, 3.05) is 7.11 Å². The zero-order valence-corrected chi connectivity index (χ0v) is 10.9. The van der Waals surface area contributed by atoms with Gasteiger partial charge in [0, 0.05) is 11.4 Å². The van der Waals surface area contributed by atoms with Gasteiger partial charge < -0.3 is 9.72 Å². The van der Waals surface area contributed by atoms with Gasteiger partial charge in [0.2, 0.25) is 0 Å². The SMILES string of the molecule is CCc1[nH]c(-c2cccc(C)c2)cc1C(=O)OC. The van der Waals surface area contributed by atoms with E-state index in [0.717, 1.165) is 23.4 Å². The number of H-pyrrole nitrogens is 1. The van der Waals surface area contributed by atoms with Crippen LogP contribution in [-0.2, 0) is 11.2 Å². The van der Waals surface area contributed by atoms with E-state index < -0.39 is 0 Å². The fourth-order valence-electron chi connectivity index (χ4n) is 2.04. The van der Waals surface area contributed by atoms with Crippen LogP contribution in [0.3, 0.4) is 0 Å². The average Bonchev–Trinajstić information content (AvgIpc) is 2.82. The Morgan fingerprint density at radius 3 is 2.72 bits per heavy atom. The van der Waals surface area contributed by atoms with Crippen molar-refractivity contribution in [1.29, 1.82) is 0 Å². The topological polar surface area (TPSA) is 42.1 Å². The minimum atomic E-state index is -0.290. The highest BCUT2D eigenvalue weighted by Crippen LogP contribution is 2.23. The van der Waals surface area contributed by atoms with Crippen LogP contribution in [0, 0.1) is 6.92 Å². The van der Waals surface area contributed by atoms with E-state index in [1.54, 1.807) is 0 Å². The number of carbonyl (C=O) groups is 1. The first-order valence-electron chi connectivity index (χ1n) is 6.03. The zero-order chi connectivity index (χ0) is 13.1. The molecule has 94 valence electrons. The molecule has 0 spiro atoms. The molecule has 0 unspecified atom stereocenters. The molecule has 0 saturated heterocycles. The van der Waals surface area contributed by atoms with Gasteiger partial charge in [0.25, 0.3) is 0 Å². The van der Waals surface area contributed by atoms with Gasteiger partial charge in [-0.25, -0.2) is 4.79 Å². The summed E-state index contributed by atoms with van der Waals surface area (Å²) in [5.41, 5.74) is 4.77. The Bertz CT molecular complexity index is 570. The fourth-order valence-corrected chi connectivity index (χ4v) is 2.04. The maximum Gasteiger partial charge on any atom is 0.339 e. The first-order chi connectivity index (χ1) is 8.65. The molecule has 0 aliphatic rings. The van der Waals surface area contributed by atoms with Gasteiger partial charge in [-0.15, -0.1) is 0 Å². The number of benzene rings is 1. The summed E-state index contributed by atoms with van der Waals surface area (Å²) < 4.78 is 4.79. The lowest BCUT2D eigenvalue weighted by Crippen LogP contribution is -2.02. The van der Waals surface area contributed by atoms with E-state index in [-0.39, 0.29) is 5.97 Å². The van der Waals surface area contributed by atoms with E-state index >= 15 is 0 Å². The van der Waals surface area contributed by atoms with E-state index in [4.69, 9.17) is 4.74 Å². The number of esters is 1. The van der Waals surface area contributed by atoms with Crippen LogP contribution in [0.25, 0.3) is 11.3 Å². The lowest BCUT2D eigenvalue weighted by Gasteiger charge is -1.99. The molecule has 2 aromatic rings. The second kappa shape index (κ2) is 5.08. The molecule has 0 aliphatic heterocycles. The summed E-state index contributed by atoms with van der Waals surface area (Å²) in [5, 5.41) is 0. The van der Waals surface area contributed by atoms with Crippen LogP contribution in [0.15, 0.2) is 30.3 Å². The second-order valence-corrected chi connectivity index (χ2v) is 4.29. The van der Waals surface area contributed by atoms with Crippen molar-refractivity contribution in [2.24, 2.45) is 0 Å². The van der Waals surface area contributed by atoms with Crippen molar-refractivity contribution in [3.05, 3.63) is 47.2 Å². The summed E-state index contributed by atoms with van der Waals surface area (Å²) >= 11 is 0. The standard InChI is InChI=1S/C15H17NO2/c1-4-13-12(15(17)18-3)9-14(16-13)11-7-5-6-10(2)8-11/h5-9,16H,4H2,1-3H3. The lowest BCUT2D eigenvalue weighted by atomic mass is 10.1. The molecule has 1 heterocycles. The Kier molecular flexibility index (Phi) is 3.51. The third-order valence-electron chi connectivity index (χ3n) is 2.99. The Hall–Kier alpha value is -2.03. The minimum absolute atomic E-state index is 0.290. The molecule has 1 N–H and O–H groups in total. The van der Waals surface area contributed by atoms with Crippen LogP contribution in [0.4, 0.5) is 0 Å². The zero-order valence-electron chi connectivity index (χ0n) is 10.9. The number of nitrogens with one attached hydrogen (secondary N) is 1. The summed E-state index contributed by atoms with van der Waals surface area (Å²) in [6.45, 7) is 4.06. The molecule has 0 amide bonds. The number of rotatable bonds is 3. The fraction of sp³-hybridized carbons (Fsp3) is 0.267. The molecular weight excluding hydrogens is 226 g/mol. The molecule has 0 aliphatic carbocycles. The number of carbonyl (C=O) groups excluding carboxylic acids is 1. The van der Waals surface area contributed by atoms with Gasteiger partial charge in [-0.05, 0) is 31.0 Å². The lowest BCUT2D eigenvalue weighted by molar-refractivity contribution is 0.0600. The molecule has 0 atom stereocenters. The number of aryl methyl sites for hydroxylation is 2. The smallest absolute Gasteiger partial charge is 0.339 e. The van der Waals surface area contributed by atoms with Crippen LogP contribution in [0.2, 0.25) is 0 Å². The number of hydrogen-bond donors (Lipinski definition) is 1. The average molecular weight is 243 g/mol. The van der Waals surface area contributed by atoms with Crippen LogP contribution < -0.4 is 0 Å². The van der Waals surface area contributed by atoms with Crippen LogP contribution in [-0.4, -0.2) is 18.1 Å². The Balaban J connectivity index is 2.47. The van der Waals surface area contributed by atoms with Gasteiger partial charge >= 0.3 is 5.97 Å². The Labute approximate surface area is 107 Å². The van der Waals surface area contributed by atoms with Gasteiger partial charge in [0.1, 0.15) is 0 Å². The highest BCUT2D eigenvalue weighted by atomic mass is 16.5. The third kappa shape index (κ3) is 2.30. The van der Waals surface area contributed by atoms with Crippen molar-refractivity contribution in [2.45, 2.75) is 20.3 Å². The number of hydrogen-bond acceptors (Lipinski definition) is 2. The number of aromatic nitrogens is 1. The first kappa shape index (κ1) is 12.4.